The van der Waals surface area contributed by atoms with Gasteiger partial charge in [0.05, 0.1) is 30.9 Å². The van der Waals surface area contributed by atoms with Gasteiger partial charge >= 0.3 is 0 Å². The molecule has 0 aliphatic heterocycles. The van der Waals surface area contributed by atoms with Crippen molar-refractivity contribution in [3.05, 3.63) is 30.9 Å². The van der Waals surface area contributed by atoms with Gasteiger partial charge in [-0.1, -0.05) is 12.8 Å². The lowest BCUT2D eigenvalue weighted by Crippen LogP contribution is -2.09. The molecule has 4 rings (SSSR count). The first-order valence-corrected chi connectivity index (χ1v) is 7.55. The molecule has 0 saturated heterocycles. The smallest absolute Gasteiger partial charge is 0.160 e. The maximum absolute atomic E-state index is 9.06. The maximum atomic E-state index is 9.06. The summed E-state index contributed by atoms with van der Waals surface area (Å²) in [7, 11) is 0. The summed E-state index contributed by atoms with van der Waals surface area (Å²) in [6, 6.07) is 4.45. The Morgan fingerprint density at radius 2 is 2.32 bits per heavy atom. The first-order valence-electron chi connectivity index (χ1n) is 7.55. The molecule has 1 saturated carbocycles. The van der Waals surface area contributed by atoms with Gasteiger partial charge in [0.25, 0.3) is 0 Å². The van der Waals surface area contributed by atoms with Crippen molar-refractivity contribution in [2.45, 2.75) is 31.7 Å². The van der Waals surface area contributed by atoms with Gasteiger partial charge in [0.2, 0.25) is 0 Å². The van der Waals surface area contributed by atoms with E-state index in [4.69, 9.17) is 5.26 Å². The van der Waals surface area contributed by atoms with Crippen molar-refractivity contribution in [1.82, 2.24) is 25.0 Å². The standard InChI is InChI=1S/C16H16N6/c17-5-3-13(7-11-1-2-11)22-10-12(8-20-22)15-9-19-21-16-14(15)4-6-18-16/h4,6,8-11,13H,1-3,7H2,(H,18,21). The lowest BCUT2D eigenvalue weighted by molar-refractivity contribution is 0.411. The predicted octanol–water partition coefficient (Wildman–Crippen LogP) is 3.08. The summed E-state index contributed by atoms with van der Waals surface area (Å²) in [5.41, 5.74) is 2.80. The number of nitrogens with zero attached hydrogens (tertiary/aromatic N) is 5. The SMILES string of the molecule is N#CCC(CC1CC1)n1cc(-c2cnnc3[nH]ccc23)cn1. The summed E-state index contributed by atoms with van der Waals surface area (Å²) in [6.07, 6.45) is 11.6. The Hall–Kier alpha value is -2.68. The van der Waals surface area contributed by atoms with Gasteiger partial charge in [-0.3, -0.25) is 4.68 Å². The maximum Gasteiger partial charge on any atom is 0.160 e. The van der Waals surface area contributed by atoms with E-state index < -0.39 is 0 Å². The van der Waals surface area contributed by atoms with Crippen LogP contribution in [0.3, 0.4) is 0 Å². The van der Waals surface area contributed by atoms with Crippen LogP contribution < -0.4 is 0 Å². The largest absolute Gasteiger partial charge is 0.345 e. The van der Waals surface area contributed by atoms with Crippen LogP contribution in [0.25, 0.3) is 22.2 Å². The van der Waals surface area contributed by atoms with E-state index in [1.165, 1.54) is 12.8 Å². The Labute approximate surface area is 127 Å². The van der Waals surface area contributed by atoms with E-state index in [0.717, 1.165) is 34.5 Å². The van der Waals surface area contributed by atoms with E-state index in [-0.39, 0.29) is 6.04 Å². The van der Waals surface area contributed by atoms with Crippen LogP contribution in [0.1, 0.15) is 31.7 Å². The normalized spacial score (nSPS) is 15.8. The molecule has 0 bridgehead atoms. The minimum Gasteiger partial charge on any atom is -0.345 e. The Morgan fingerprint density at radius 1 is 1.41 bits per heavy atom. The zero-order chi connectivity index (χ0) is 14.9. The van der Waals surface area contributed by atoms with Gasteiger partial charge in [-0.15, -0.1) is 5.10 Å². The van der Waals surface area contributed by atoms with Crippen LogP contribution in [-0.4, -0.2) is 25.0 Å². The molecule has 0 amide bonds. The summed E-state index contributed by atoms with van der Waals surface area (Å²) in [5.74, 6) is 0.768. The number of H-pyrrole nitrogens is 1. The van der Waals surface area contributed by atoms with E-state index in [0.29, 0.717) is 6.42 Å². The molecule has 3 aromatic rings. The zero-order valence-corrected chi connectivity index (χ0v) is 12.1. The van der Waals surface area contributed by atoms with Gasteiger partial charge in [0.15, 0.2) is 5.65 Å². The fourth-order valence-corrected chi connectivity index (χ4v) is 2.91. The molecule has 1 aliphatic rings. The summed E-state index contributed by atoms with van der Waals surface area (Å²) in [6.45, 7) is 0. The molecule has 6 nitrogen and oxygen atoms in total. The van der Waals surface area contributed by atoms with Gasteiger partial charge in [0, 0.05) is 28.9 Å². The highest BCUT2D eigenvalue weighted by atomic mass is 15.3. The van der Waals surface area contributed by atoms with Gasteiger partial charge in [-0.2, -0.15) is 15.5 Å². The summed E-state index contributed by atoms with van der Waals surface area (Å²) >= 11 is 0. The van der Waals surface area contributed by atoms with Crippen molar-refractivity contribution in [2.75, 3.05) is 0 Å². The molecule has 1 N–H and O–H groups in total. The number of nitriles is 1. The fraction of sp³-hybridized carbons (Fsp3) is 0.375. The number of rotatable bonds is 5. The van der Waals surface area contributed by atoms with Crippen LogP contribution in [0, 0.1) is 17.2 Å². The number of hydrogen-bond acceptors (Lipinski definition) is 4. The average Bonchev–Trinajstić information content (AvgIpc) is 3.05. The molecule has 22 heavy (non-hydrogen) atoms. The van der Waals surface area contributed by atoms with Crippen LogP contribution >= 0.6 is 0 Å². The van der Waals surface area contributed by atoms with Crippen LogP contribution in [0.15, 0.2) is 30.9 Å². The second-order valence-corrected chi connectivity index (χ2v) is 5.90. The van der Waals surface area contributed by atoms with Crippen molar-refractivity contribution in [3.63, 3.8) is 0 Å². The number of aromatic amines is 1. The highest BCUT2D eigenvalue weighted by molar-refractivity contribution is 5.91. The van der Waals surface area contributed by atoms with E-state index in [1.54, 1.807) is 6.20 Å². The van der Waals surface area contributed by atoms with E-state index in [1.807, 2.05) is 29.3 Å². The second-order valence-electron chi connectivity index (χ2n) is 5.90. The average molecular weight is 292 g/mol. The molecule has 0 spiro atoms. The van der Waals surface area contributed by atoms with Crippen molar-refractivity contribution >= 4 is 11.0 Å². The van der Waals surface area contributed by atoms with Crippen LogP contribution in [0.5, 0.6) is 0 Å². The Kier molecular flexibility index (Phi) is 3.11. The molecular weight excluding hydrogens is 276 g/mol. The third-order valence-corrected chi connectivity index (χ3v) is 4.28. The van der Waals surface area contributed by atoms with Crippen LogP contribution in [0.4, 0.5) is 0 Å². The number of fused-ring (bicyclic) bond motifs is 1. The van der Waals surface area contributed by atoms with Crippen molar-refractivity contribution in [1.29, 1.82) is 5.26 Å². The van der Waals surface area contributed by atoms with Gasteiger partial charge in [0.1, 0.15) is 0 Å². The van der Waals surface area contributed by atoms with Gasteiger partial charge < -0.3 is 4.98 Å². The number of aromatic nitrogens is 5. The van der Waals surface area contributed by atoms with Gasteiger partial charge in [-0.25, -0.2) is 0 Å². The molecule has 110 valence electrons. The number of nitrogens with one attached hydrogen (secondary N) is 1. The summed E-state index contributed by atoms with van der Waals surface area (Å²) < 4.78 is 1.94. The molecule has 0 radical (unpaired) electrons. The minimum atomic E-state index is 0.169. The summed E-state index contributed by atoms with van der Waals surface area (Å²) in [4.78, 5) is 3.07. The molecule has 6 heteroatoms. The van der Waals surface area contributed by atoms with Crippen molar-refractivity contribution < 1.29 is 0 Å². The molecule has 1 unspecified atom stereocenters. The first-order chi connectivity index (χ1) is 10.8. The van der Waals surface area contributed by atoms with E-state index in [9.17, 15) is 0 Å². The molecule has 0 aromatic carbocycles. The lowest BCUT2D eigenvalue weighted by Gasteiger charge is -2.13. The molecule has 1 atom stereocenters. The molecule has 3 heterocycles. The molecule has 3 aromatic heterocycles. The first kappa shape index (κ1) is 13.0. The third-order valence-electron chi connectivity index (χ3n) is 4.28. The van der Waals surface area contributed by atoms with E-state index >= 15 is 0 Å². The summed E-state index contributed by atoms with van der Waals surface area (Å²) in [5, 5.41) is 22.7. The lowest BCUT2D eigenvalue weighted by atomic mass is 10.1. The monoisotopic (exact) mass is 292 g/mol. The van der Waals surface area contributed by atoms with Crippen LogP contribution in [0.2, 0.25) is 0 Å². The van der Waals surface area contributed by atoms with Crippen LogP contribution in [-0.2, 0) is 0 Å². The van der Waals surface area contributed by atoms with Crippen molar-refractivity contribution in [2.24, 2.45) is 5.92 Å². The predicted molar refractivity (Wildman–Crippen MR) is 81.7 cm³/mol. The molecule has 1 fully saturated rings. The third kappa shape index (κ3) is 2.35. The fourth-order valence-electron chi connectivity index (χ4n) is 2.91. The Balaban J connectivity index is 1.68. The molecular formula is C16H16N6. The zero-order valence-electron chi connectivity index (χ0n) is 12.1. The topological polar surface area (TPSA) is 83.2 Å². The Morgan fingerprint density at radius 3 is 3.14 bits per heavy atom. The molecule has 1 aliphatic carbocycles. The Bertz CT molecular complexity index is 836. The van der Waals surface area contributed by atoms with Crippen molar-refractivity contribution in [3.8, 4) is 17.2 Å². The number of hydrogen-bond donors (Lipinski definition) is 1. The second kappa shape index (κ2) is 5.26. The van der Waals surface area contributed by atoms with E-state index in [2.05, 4.69) is 26.3 Å². The van der Waals surface area contributed by atoms with Gasteiger partial charge in [-0.05, 0) is 18.4 Å². The minimum absolute atomic E-state index is 0.169. The highest BCUT2D eigenvalue weighted by Gasteiger charge is 2.26. The highest BCUT2D eigenvalue weighted by Crippen LogP contribution is 2.38. The quantitative estimate of drug-likeness (QED) is 0.783.